The van der Waals surface area contributed by atoms with E-state index in [0.717, 1.165) is 19.2 Å². The van der Waals surface area contributed by atoms with Gasteiger partial charge in [-0.1, -0.05) is 6.07 Å². The van der Waals surface area contributed by atoms with Crippen LogP contribution in [0.25, 0.3) is 0 Å². The van der Waals surface area contributed by atoms with Crippen LogP contribution < -0.4 is 4.90 Å². The Morgan fingerprint density at radius 1 is 1.13 bits per heavy atom. The highest BCUT2D eigenvalue weighted by Gasteiger charge is 2.31. The van der Waals surface area contributed by atoms with E-state index in [1.165, 1.54) is 12.1 Å². The van der Waals surface area contributed by atoms with Gasteiger partial charge in [-0.05, 0) is 18.2 Å². The van der Waals surface area contributed by atoms with Gasteiger partial charge in [0.1, 0.15) is 0 Å². The maximum absolute atomic E-state index is 12.8. The Balaban J connectivity index is 1.60. The molecule has 1 fully saturated rings. The largest absolute Gasteiger partial charge is 0.424 e. The van der Waals surface area contributed by atoms with E-state index in [9.17, 15) is 13.2 Å². The molecule has 0 bridgehead atoms. The molecule has 0 radical (unpaired) electrons. The van der Waals surface area contributed by atoms with Crippen LogP contribution in [0.1, 0.15) is 17.3 Å². The summed E-state index contributed by atoms with van der Waals surface area (Å²) < 4.78 is 43.7. The zero-order chi connectivity index (χ0) is 16.4. The maximum Gasteiger partial charge on any atom is 0.416 e. The van der Waals surface area contributed by atoms with Crippen molar-refractivity contribution in [2.45, 2.75) is 19.6 Å². The second-order valence-corrected chi connectivity index (χ2v) is 5.53. The van der Waals surface area contributed by atoms with Crippen molar-refractivity contribution in [3.05, 3.63) is 41.6 Å². The predicted octanol–water partition coefficient (Wildman–Crippen LogP) is 2.72. The minimum Gasteiger partial charge on any atom is -0.424 e. The van der Waals surface area contributed by atoms with Gasteiger partial charge in [0.15, 0.2) is 0 Å². The van der Waals surface area contributed by atoms with Crippen molar-refractivity contribution in [2.75, 3.05) is 31.1 Å². The standard InChI is InChI=1S/C15H17F3N4O/c1-11-19-20-14(23-11)10-21-5-7-22(8-6-21)13-4-2-3-12(9-13)15(16,17)18/h2-4,9H,5-8,10H2,1H3. The highest BCUT2D eigenvalue weighted by molar-refractivity contribution is 5.49. The molecule has 1 aliphatic rings. The van der Waals surface area contributed by atoms with Crippen LogP contribution in [0.15, 0.2) is 28.7 Å². The average Bonchev–Trinajstić information content (AvgIpc) is 2.92. The molecule has 124 valence electrons. The first-order valence-corrected chi connectivity index (χ1v) is 7.35. The lowest BCUT2D eigenvalue weighted by Crippen LogP contribution is -2.46. The minimum absolute atomic E-state index is 0.530. The van der Waals surface area contributed by atoms with E-state index in [4.69, 9.17) is 4.42 Å². The van der Waals surface area contributed by atoms with E-state index in [2.05, 4.69) is 15.1 Å². The number of aryl methyl sites for hydroxylation is 1. The maximum atomic E-state index is 12.8. The predicted molar refractivity (Wildman–Crippen MR) is 78.0 cm³/mol. The van der Waals surface area contributed by atoms with Gasteiger partial charge in [0.25, 0.3) is 0 Å². The molecular weight excluding hydrogens is 309 g/mol. The summed E-state index contributed by atoms with van der Waals surface area (Å²) >= 11 is 0. The van der Waals surface area contributed by atoms with Crippen LogP contribution in [0.4, 0.5) is 18.9 Å². The number of rotatable bonds is 3. The number of hydrogen-bond acceptors (Lipinski definition) is 5. The molecule has 2 aromatic rings. The fourth-order valence-corrected chi connectivity index (χ4v) is 2.64. The first-order valence-electron chi connectivity index (χ1n) is 7.35. The van der Waals surface area contributed by atoms with Gasteiger partial charge in [-0.15, -0.1) is 10.2 Å². The normalized spacial score (nSPS) is 16.8. The molecule has 23 heavy (non-hydrogen) atoms. The number of anilines is 1. The summed E-state index contributed by atoms with van der Waals surface area (Å²) in [6.07, 6.45) is -4.31. The SMILES string of the molecule is Cc1nnc(CN2CCN(c3cccc(C(F)(F)F)c3)CC2)o1. The minimum atomic E-state index is -4.31. The lowest BCUT2D eigenvalue weighted by atomic mass is 10.1. The molecule has 5 nitrogen and oxygen atoms in total. The molecule has 8 heteroatoms. The van der Waals surface area contributed by atoms with Crippen LogP contribution in [0, 0.1) is 6.92 Å². The molecule has 1 aromatic carbocycles. The van der Waals surface area contributed by atoms with Crippen LogP contribution in [0.2, 0.25) is 0 Å². The van der Waals surface area contributed by atoms with Crippen molar-refractivity contribution in [2.24, 2.45) is 0 Å². The molecule has 0 atom stereocenters. The highest BCUT2D eigenvalue weighted by Crippen LogP contribution is 2.31. The first kappa shape index (κ1) is 15.8. The smallest absolute Gasteiger partial charge is 0.416 e. The number of benzene rings is 1. The number of hydrogen-bond donors (Lipinski definition) is 0. The lowest BCUT2D eigenvalue weighted by Gasteiger charge is -2.35. The molecule has 3 rings (SSSR count). The van der Waals surface area contributed by atoms with Crippen molar-refractivity contribution in [3.63, 3.8) is 0 Å². The third kappa shape index (κ3) is 3.82. The Morgan fingerprint density at radius 2 is 1.87 bits per heavy atom. The van der Waals surface area contributed by atoms with Gasteiger partial charge in [0, 0.05) is 38.8 Å². The van der Waals surface area contributed by atoms with Crippen molar-refractivity contribution in [1.29, 1.82) is 0 Å². The van der Waals surface area contributed by atoms with Crippen molar-refractivity contribution in [3.8, 4) is 0 Å². The van der Waals surface area contributed by atoms with Gasteiger partial charge in [0.2, 0.25) is 11.8 Å². The Hall–Kier alpha value is -2.09. The summed E-state index contributed by atoms with van der Waals surface area (Å²) in [6, 6.07) is 5.46. The number of aromatic nitrogens is 2. The van der Waals surface area contributed by atoms with E-state index in [1.54, 1.807) is 13.0 Å². The zero-order valence-electron chi connectivity index (χ0n) is 12.7. The van der Waals surface area contributed by atoms with Crippen molar-refractivity contribution < 1.29 is 17.6 Å². The van der Waals surface area contributed by atoms with E-state index >= 15 is 0 Å². The zero-order valence-corrected chi connectivity index (χ0v) is 12.7. The Labute approximate surface area is 131 Å². The molecule has 0 unspecified atom stereocenters. The van der Waals surface area contributed by atoms with E-state index in [1.807, 2.05) is 4.90 Å². The molecule has 1 aliphatic heterocycles. The summed E-state index contributed by atoms with van der Waals surface area (Å²) in [6.45, 7) is 5.09. The monoisotopic (exact) mass is 326 g/mol. The van der Waals surface area contributed by atoms with E-state index in [-0.39, 0.29) is 0 Å². The molecule has 1 saturated heterocycles. The van der Waals surface area contributed by atoms with Crippen LogP contribution in [-0.2, 0) is 12.7 Å². The Bertz CT molecular complexity index is 663. The van der Waals surface area contributed by atoms with Gasteiger partial charge in [-0.3, -0.25) is 4.90 Å². The van der Waals surface area contributed by atoms with Gasteiger partial charge in [0.05, 0.1) is 12.1 Å². The molecule has 0 spiro atoms. The van der Waals surface area contributed by atoms with E-state index in [0.29, 0.717) is 37.1 Å². The van der Waals surface area contributed by atoms with E-state index < -0.39 is 11.7 Å². The van der Waals surface area contributed by atoms with Crippen LogP contribution in [0.5, 0.6) is 0 Å². The van der Waals surface area contributed by atoms with Gasteiger partial charge in [-0.25, -0.2) is 0 Å². The number of halogens is 3. The third-order valence-electron chi connectivity index (χ3n) is 3.84. The van der Waals surface area contributed by atoms with Crippen molar-refractivity contribution in [1.82, 2.24) is 15.1 Å². The average molecular weight is 326 g/mol. The summed E-state index contributed by atoms with van der Waals surface area (Å²) in [5.41, 5.74) is -0.00752. The van der Waals surface area contributed by atoms with Crippen LogP contribution in [-0.4, -0.2) is 41.3 Å². The number of piperazine rings is 1. The highest BCUT2D eigenvalue weighted by atomic mass is 19.4. The van der Waals surface area contributed by atoms with Gasteiger partial charge in [-0.2, -0.15) is 13.2 Å². The summed E-state index contributed by atoms with van der Waals surface area (Å²) in [7, 11) is 0. The second-order valence-electron chi connectivity index (χ2n) is 5.53. The fourth-order valence-electron chi connectivity index (χ4n) is 2.64. The molecule has 2 heterocycles. The second kappa shape index (κ2) is 6.19. The van der Waals surface area contributed by atoms with Crippen molar-refractivity contribution >= 4 is 5.69 Å². The first-order chi connectivity index (χ1) is 10.9. The van der Waals surface area contributed by atoms with Crippen LogP contribution >= 0.6 is 0 Å². The Morgan fingerprint density at radius 3 is 2.48 bits per heavy atom. The number of nitrogens with zero attached hydrogens (tertiary/aromatic N) is 4. The summed E-state index contributed by atoms with van der Waals surface area (Å²) in [4.78, 5) is 4.11. The van der Waals surface area contributed by atoms with Gasteiger partial charge < -0.3 is 9.32 Å². The third-order valence-corrected chi connectivity index (χ3v) is 3.84. The Kier molecular flexibility index (Phi) is 4.25. The summed E-state index contributed by atoms with van der Waals surface area (Å²) in [5, 5.41) is 7.75. The molecular formula is C15H17F3N4O. The molecule has 0 saturated carbocycles. The fraction of sp³-hybridized carbons (Fsp3) is 0.467. The lowest BCUT2D eigenvalue weighted by molar-refractivity contribution is -0.137. The molecule has 0 amide bonds. The molecule has 0 aliphatic carbocycles. The number of alkyl halides is 3. The molecule has 1 aromatic heterocycles. The van der Waals surface area contributed by atoms with Crippen LogP contribution in [0.3, 0.4) is 0 Å². The summed E-state index contributed by atoms with van der Waals surface area (Å²) in [5.74, 6) is 1.10. The quantitative estimate of drug-likeness (QED) is 0.868. The van der Waals surface area contributed by atoms with Gasteiger partial charge >= 0.3 is 6.18 Å². The molecule has 0 N–H and O–H groups in total. The topological polar surface area (TPSA) is 45.4 Å².